The second kappa shape index (κ2) is 4.13. The van der Waals surface area contributed by atoms with Gasteiger partial charge in [-0.25, -0.2) is 14.2 Å². The van der Waals surface area contributed by atoms with E-state index in [1.165, 1.54) is 6.07 Å². The lowest BCUT2D eigenvalue weighted by atomic mass is 9.99. The molecule has 88 valence electrons. The number of halogens is 1. The average molecular weight is 233 g/mol. The van der Waals surface area contributed by atoms with E-state index in [2.05, 4.69) is 4.99 Å². The molecule has 0 amide bonds. The Bertz CT molecular complexity index is 559. The third-order valence-corrected chi connectivity index (χ3v) is 2.74. The molecule has 0 saturated carbocycles. The van der Waals surface area contributed by atoms with Gasteiger partial charge in [0.2, 0.25) is 0 Å². The van der Waals surface area contributed by atoms with Crippen molar-refractivity contribution in [1.29, 1.82) is 0 Å². The van der Waals surface area contributed by atoms with Gasteiger partial charge in [-0.15, -0.1) is 0 Å². The summed E-state index contributed by atoms with van der Waals surface area (Å²) in [6.45, 7) is 3.43. The van der Waals surface area contributed by atoms with Crippen LogP contribution in [0.25, 0.3) is 5.57 Å². The zero-order valence-corrected chi connectivity index (χ0v) is 9.62. The molecule has 0 unspecified atom stereocenters. The standard InChI is InChI=1S/C13H12FNO2/c1-7-3-4-9(6-11(7)14)10-5-8(2)15-12(10)13(16)17/h3-4,6H,5H2,1-2H3,(H,16,17). The lowest BCUT2D eigenvalue weighted by molar-refractivity contribution is -0.132. The van der Waals surface area contributed by atoms with Crippen molar-refractivity contribution in [1.82, 2.24) is 0 Å². The van der Waals surface area contributed by atoms with Crippen LogP contribution >= 0.6 is 0 Å². The number of rotatable bonds is 2. The molecule has 1 N–H and O–H groups in total. The summed E-state index contributed by atoms with van der Waals surface area (Å²) in [7, 11) is 0. The van der Waals surface area contributed by atoms with Gasteiger partial charge in [0.1, 0.15) is 5.82 Å². The van der Waals surface area contributed by atoms with Gasteiger partial charge in [-0.1, -0.05) is 12.1 Å². The fourth-order valence-electron chi connectivity index (χ4n) is 1.83. The van der Waals surface area contributed by atoms with E-state index < -0.39 is 5.97 Å². The number of allylic oxidation sites excluding steroid dienone is 1. The monoisotopic (exact) mass is 233 g/mol. The van der Waals surface area contributed by atoms with Gasteiger partial charge in [0.15, 0.2) is 5.70 Å². The van der Waals surface area contributed by atoms with Crippen LogP contribution in [0.3, 0.4) is 0 Å². The lowest BCUT2D eigenvalue weighted by Crippen LogP contribution is -1.99. The van der Waals surface area contributed by atoms with E-state index in [9.17, 15) is 9.18 Å². The topological polar surface area (TPSA) is 49.7 Å². The van der Waals surface area contributed by atoms with E-state index in [1.807, 2.05) is 0 Å². The maximum absolute atomic E-state index is 13.5. The predicted molar refractivity (Wildman–Crippen MR) is 63.4 cm³/mol. The summed E-state index contributed by atoms with van der Waals surface area (Å²) in [5.74, 6) is -1.40. The molecule has 0 bridgehead atoms. The van der Waals surface area contributed by atoms with Crippen LogP contribution in [0.5, 0.6) is 0 Å². The van der Waals surface area contributed by atoms with Crippen LogP contribution in [-0.4, -0.2) is 16.8 Å². The van der Waals surface area contributed by atoms with Gasteiger partial charge in [-0.3, -0.25) is 0 Å². The minimum absolute atomic E-state index is 0.0192. The Hall–Kier alpha value is -1.97. The molecule has 0 fully saturated rings. The molecule has 1 aromatic carbocycles. The van der Waals surface area contributed by atoms with Crippen molar-refractivity contribution in [2.45, 2.75) is 20.3 Å². The Morgan fingerprint density at radius 3 is 2.71 bits per heavy atom. The first-order valence-corrected chi connectivity index (χ1v) is 5.26. The molecule has 0 spiro atoms. The first-order chi connectivity index (χ1) is 7.99. The molecule has 0 aromatic heterocycles. The van der Waals surface area contributed by atoms with Gasteiger partial charge in [0.25, 0.3) is 0 Å². The van der Waals surface area contributed by atoms with Crippen molar-refractivity contribution >= 4 is 17.3 Å². The second-order valence-electron chi connectivity index (χ2n) is 4.12. The molecule has 0 aliphatic carbocycles. The SMILES string of the molecule is CC1=NC(C(=O)O)=C(c2ccc(C)c(F)c2)C1. The number of hydrogen-bond acceptors (Lipinski definition) is 2. The summed E-state index contributed by atoms with van der Waals surface area (Å²) in [5, 5.41) is 9.03. The molecule has 3 nitrogen and oxygen atoms in total. The van der Waals surface area contributed by atoms with Crippen LogP contribution < -0.4 is 0 Å². The van der Waals surface area contributed by atoms with E-state index in [1.54, 1.807) is 26.0 Å². The first kappa shape index (κ1) is 11.5. The van der Waals surface area contributed by atoms with Crippen LogP contribution in [0.4, 0.5) is 4.39 Å². The maximum Gasteiger partial charge on any atom is 0.354 e. The zero-order chi connectivity index (χ0) is 12.6. The van der Waals surface area contributed by atoms with Gasteiger partial charge in [0, 0.05) is 12.1 Å². The Kier molecular flexibility index (Phi) is 2.79. The number of benzene rings is 1. The third kappa shape index (κ3) is 2.11. The number of carbonyl (C=O) groups is 1. The number of hydrogen-bond donors (Lipinski definition) is 1. The minimum atomic E-state index is -1.07. The third-order valence-electron chi connectivity index (χ3n) is 2.74. The van der Waals surface area contributed by atoms with E-state index in [-0.39, 0.29) is 11.5 Å². The molecule has 1 aromatic rings. The Balaban J connectivity index is 2.50. The molecule has 4 heteroatoms. The summed E-state index contributed by atoms with van der Waals surface area (Å²) in [4.78, 5) is 15.0. The van der Waals surface area contributed by atoms with Gasteiger partial charge in [0.05, 0.1) is 0 Å². The Morgan fingerprint density at radius 1 is 1.41 bits per heavy atom. The van der Waals surface area contributed by atoms with E-state index >= 15 is 0 Å². The number of carboxylic acids is 1. The van der Waals surface area contributed by atoms with Crippen LogP contribution in [0.15, 0.2) is 28.9 Å². The fraction of sp³-hybridized carbons (Fsp3) is 0.231. The smallest absolute Gasteiger partial charge is 0.354 e. The lowest BCUT2D eigenvalue weighted by Gasteiger charge is -2.05. The zero-order valence-electron chi connectivity index (χ0n) is 9.62. The van der Waals surface area contributed by atoms with Crippen molar-refractivity contribution in [2.24, 2.45) is 4.99 Å². The van der Waals surface area contributed by atoms with Crippen molar-refractivity contribution in [3.05, 3.63) is 40.8 Å². The second-order valence-corrected chi connectivity index (χ2v) is 4.12. The van der Waals surface area contributed by atoms with Crippen molar-refractivity contribution in [3.63, 3.8) is 0 Å². The van der Waals surface area contributed by atoms with Gasteiger partial charge < -0.3 is 5.11 Å². The summed E-state index contributed by atoms with van der Waals surface area (Å²) >= 11 is 0. The van der Waals surface area contributed by atoms with Crippen molar-refractivity contribution in [2.75, 3.05) is 0 Å². The van der Waals surface area contributed by atoms with Crippen LogP contribution in [0.1, 0.15) is 24.5 Å². The molecule has 1 aliphatic heterocycles. The fourth-order valence-corrected chi connectivity index (χ4v) is 1.83. The summed E-state index contributed by atoms with van der Waals surface area (Å²) in [6.07, 6.45) is 0.462. The highest BCUT2D eigenvalue weighted by Gasteiger charge is 2.22. The largest absolute Gasteiger partial charge is 0.477 e. The summed E-state index contributed by atoms with van der Waals surface area (Å²) in [5.41, 5.74) is 2.46. The van der Waals surface area contributed by atoms with Crippen LogP contribution in [-0.2, 0) is 4.79 Å². The molecule has 17 heavy (non-hydrogen) atoms. The van der Waals surface area contributed by atoms with E-state index in [4.69, 9.17) is 5.11 Å². The Morgan fingerprint density at radius 2 is 2.12 bits per heavy atom. The predicted octanol–water partition coefficient (Wildman–Crippen LogP) is 2.79. The van der Waals surface area contributed by atoms with Gasteiger partial charge in [-0.2, -0.15) is 0 Å². The van der Waals surface area contributed by atoms with Crippen molar-refractivity contribution < 1.29 is 14.3 Å². The number of aliphatic carboxylic acids is 1. The highest BCUT2D eigenvalue weighted by molar-refractivity contribution is 6.08. The molecule has 2 rings (SSSR count). The van der Waals surface area contributed by atoms with Crippen LogP contribution in [0.2, 0.25) is 0 Å². The Labute approximate surface area is 98.3 Å². The van der Waals surface area contributed by atoms with Gasteiger partial charge >= 0.3 is 5.97 Å². The minimum Gasteiger partial charge on any atom is -0.477 e. The number of carboxylic acid groups (broad SMARTS) is 1. The normalized spacial score (nSPS) is 15.1. The summed E-state index contributed by atoms with van der Waals surface area (Å²) in [6, 6.07) is 4.73. The first-order valence-electron chi connectivity index (χ1n) is 5.26. The highest BCUT2D eigenvalue weighted by atomic mass is 19.1. The van der Waals surface area contributed by atoms with E-state index in [0.717, 1.165) is 5.71 Å². The molecule has 1 aliphatic rings. The highest BCUT2D eigenvalue weighted by Crippen LogP contribution is 2.30. The number of aliphatic imine (C=N–C) groups is 1. The summed E-state index contributed by atoms with van der Waals surface area (Å²) < 4.78 is 13.5. The number of nitrogens with zero attached hydrogens (tertiary/aromatic N) is 1. The molecular formula is C13H12FNO2. The van der Waals surface area contributed by atoms with Crippen molar-refractivity contribution in [3.8, 4) is 0 Å². The molecule has 1 heterocycles. The van der Waals surface area contributed by atoms with E-state index in [0.29, 0.717) is 23.1 Å². The molecule has 0 atom stereocenters. The molecule has 0 saturated heterocycles. The maximum atomic E-state index is 13.5. The molecular weight excluding hydrogens is 221 g/mol. The van der Waals surface area contributed by atoms with Crippen LogP contribution in [0, 0.1) is 12.7 Å². The number of aryl methyl sites for hydroxylation is 1. The quantitative estimate of drug-likeness (QED) is 0.853. The average Bonchev–Trinajstić information content (AvgIpc) is 2.64. The van der Waals surface area contributed by atoms with Gasteiger partial charge in [-0.05, 0) is 36.6 Å². The molecule has 0 radical (unpaired) electrons.